The third-order valence-corrected chi connectivity index (χ3v) is 7.05. The molecule has 0 heterocycles. The summed E-state index contributed by atoms with van der Waals surface area (Å²) < 4.78 is 0. The highest BCUT2D eigenvalue weighted by Gasteiger charge is 1.97. The second-order valence-corrected chi connectivity index (χ2v) is 11.4. The highest BCUT2D eigenvalue weighted by atomic mass is 16.4. The van der Waals surface area contributed by atoms with Gasteiger partial charge in [-0.3, -0.25) is 4.79 Å². The van der Waals surface area contributed by atoms with E-state index >= 15 is 0 Å². The van der Waals surface area contributed by atoms with Gasteiger partial charge in [0.25, 0.3) is 0 Å². The number of hydrogen-bond donors (Lipinski definition) is 4. The number of aliphatic hydroxyl groups excluding tert-OH is 2. The van der Waals surface area contributed by atoms with E-state index in [4.69, 9.17) is 21.1 Å². The second kappa shape index (κ2) is 52.0. The van der Waals surface area contributed by atoms with Gasteiger partial charge in [0.15, 0.2) is 0 Å². The molecular formula is C36H79NO4. The molecule has 0 atom stereocenters. The zero-order valence-electron chi connectivity index (χ0n) is 28.7. The third kappa shape index (κ3) is 68.3. The average Bonchev–Trinajstić information content (AvgIpc) is 2.95. The maximum absolute atomic E-state index is 10.3. The summed E-state index contributed by atoms with van der Waals surface area (Å²) in [6.45, 7) is 9.28. The molecule has 0 spiro atoms. The lowest BCUT2D eigenvalue weighted by atomic mass is 10.0. The first kappa shape index (κ1) is 47.3. The van der Waals surface area contributed by atoms with Crippen LogP contribution in [-0.2, 0) is 4.79 Å². The number of aliphatic hydroxyl groups is 2. The van der Waals surface area contributed by atoms with Crippen molar-refractivity contribution in [3.8, 4) is 0 Å². The Morgan fingerprint density at radius 2 is 0.610 bits per heavy atom. The first-order valence-corrected chi connectivity index (χ1v) is 18.2. The summed E-state index contributed by atoms with van der Waals surface area (Å²) in [4.78, 5) is 10.3. The summed E-state index contributed by atoms with van der Waals surface area (Å²) in [7, 11) is 0. The zero-order chi connectivity index (χ0) is 31.5. The summed E-state index contributed by atoms with van der Waals surface area (Å²) in [6, 6.07) is 0. The van der Waals surface area contributed by atoms with Crippen LogP contribution in [0, 0.1) is 0 Å². The Morgan fingerprint density at radius 3 is 0.805 bits per heavy atom. The number of carboxylic acids is 1. The predicted octanol–water partition coefficient (Wildman–Crippen LogP) is 11.0. The summed E-state index contributed by atoms with van der Waals surface area (Å²) >= 11 is 0. The maximum atomic E-state index is 10.3. The van der Waals surface area contributed by atoms with Crippen molar-refractivity contribution in [2.75, 3.05) is 19.8 Å². The van der Waals surface area contributed by atoms with Crippen molar-refractivity contribution in [3.63, 3.8) is 0 Å². The first-order valence-electron chi connectivity index (χ1n) is 18.2. The van der Waals surface area contributed by atoms with Gasteiger partial charge in [-0.1, -0.05) is 174 Å². The molecule has 0 aliphatic rings. The molecule has 0 amide bonds. The van der Waals surface area contributed by atoms with Crippen LogP contribution in [0.5, 0.6) is 0 Å². The van der Waals surface area contributed by atoms with E-state index in [1.54, 1.807) is 13.8 Å². The molecule has 5 N–H and O–H groups in total. The topological polar surface area (TPSA) is 104 Å². The van der Waals surface area contributed by atoms with Crippen LogP contribution >= 0.6 is 0 Å². The van der Waals surface area contributed by atoms with Crippen molar-refractivity contribution in [1.29, 1.82) is 0 Å². The Bertz CT molecular complexity index is 393. The van der Waals surface area contributed by atoms with Crippen molar-refractivity contribution in [1.82, 2.24) is 0 Å². The van der Waals surface area contributed by atoms with E-state index in [-0.39, 0.29) is 13.2 Å². The predicted molar refractivity (Wildman–Crippen MR) is 183 cm³/mol. The van der Waals surface area contributed by atoms with Crippen LogP contribution in [0.25, 0.3) is 0 Å². The molecule has 0 saturated carbocycles. The SMILES string of the molecule is CCCCCCCCCCCCCCCCCC(=O)O.CCCCCCCCCCCCCCN.CCO.CCO. The number of rotatable bonds is 28. The molecule has 0 aliphatic carbocycles. The molecule has 0 bridgehead atoms. The number of unbranched alkanes of at least 4 members (excludes halogenated alkanes) is 25. The van der Waals surface area contributed by atoms with E-state index in [9.17, 15) is 4.79 Å². The van der Waals surface area contributed by atoms with Crippen molar-refractivity contribution < 1.29 is 20.1 Å². The first-order chi connectivity index (χ1) is 20.0. The van der Waals surface area contributed by atoms with Crippen molar-refractivity contribution >= 4 is 5.97 Å². The molecule has 252 valence electrons. The molecule has 41 heavy (non-hydrogen) atoms. The molecule has 0 unspecified atom stereocenters. The number of aliphatic carboxylic acids is 1. The van der Waals surface area contributed by atoms with E-state index in [0.29, 0.717) is 6.42 Å². The fraction of sp³-hybridized carbons (Fsp3) is 0.972. The lowest BCUT2D eigenvalue weighted by molar-refractivity contribution is -0.137. The Balaban J connectivity index is -0.000000286. The largest absolute Gasteiger partial charge is 0.481 e. The smallest absolute Gasteiger partial charge is 0.303 e. The van der Waals surface area contributed by atoms with Crippen LogP contribution in [0.4, 0.5) is 0 Å². The minimum absolute atomic E-state index is 0.250. The monoisotopic (exact) mass is 590 g/mol. The minimum atomic E-state index is -0.653. The zero-order valence-corrected chi connectivity index (χ0v) is 28.7. The molecule has 0 aromatic heterocycles. The molecular weight excluding hydrogens is 510 g/mol. The number of hydrogen-bond acceptors (Lipinski definition) is 4. The van der Waals surface area contributed by atoms with E-state index in [1.807, 2.05) is 0 Å². The van der Waals surface area contributed by atoms with Gasteiger partial charge in [-0.05, 0) is 33.2 Å². The number of nitrogens with two attached hydrogens (primary N) is 1. The van der Waals surface area contributed by atoms with Crippen LogP contribution in [0.15, 0.2) is 0 Å². The summed E-state index contributed by atoms with van der Waals surface area (Å²) in [6.07, 6.45) is 37.1. The quantitative estimate of drug-likeness (QED) is 0.0679. The molecule has 0 aliphatic heterocycles. The molecule has 0 aromatic rings. The lowest BCUT2D eigenvalue weighted by Gasteiger charge is -2.03. The second-order valence-electron chi connectivity index (χ2n) is 11.4. The molecule has 0 rings (SSSR count). The minimum Gasteiger partial charge on any atom is -0.481 e. The summed E-state index contributed by atoms with van der Waals surface area (Å²) in [5.41, 5.74) is 5.45. The van der Waals surface area contributed by atoms with Gasteiger partial charge in [0.05, 0.1) is 0 Å². The highest BCUT2D eigenvalue weighted by molar-refractivity contribution is 5.66. The highest BCUT2D eigenvalue weighted by Crippen LogP contribution is 2.14. The van der Waals surface area contributed by atoms with Gasteiger partial charge >= 0.3 is 5.97 Å². The van der Waals surface area contributed by atoms with E-state index in [0.717, 1.165) is 19.4 Å². The molecule has 0 radical (unpaired) electrons. The van der Waals surface area contributed by atoms with Crippen LogP contribution in [-0.4, -0.2) is 41.0 Å². The molecule has 5 nitrogen and oxygen atoms in total. The Labute approximate surface area is 258 Å². The molecule has 5 heteroatoms. The van der Waals surface area contributed by atoms with Gasteiger partial charge in [-0.2, -0.15) is 0 Å². The standard InChI is InChI=1S/C18H36O2.C14H31N.2C2H6O/c1-2-3-4-5-6-7-8-9-10-11-12-13-14-15-16-17-18(19)20;1-2-3-4-5-6-7-8-9-10-11-12-13-14-15;2*1-2-3/h2-17H2,1H3,(H,19,20);2-15H2,1H3;2*3H,2H2,1H3. The van der Waals surface area contributed by atoms with Gasteiger partial charge in [-0.15, -0.1) is 0 Å². The molecule has 0 saturated heterocycles. The third-order valence-electron chi connectivity index (χ3n) is 7.05. The fourth-order valence-corrected chi connectivity index (χ4v) is 4.63. The number of carbonyl (C=O) groups is 1. The lowest BCUT2D eigenvalue weighted by Crippen LogP contribution is -1.97. The van der Waals surface area contributed by atoms with Gasteiger partial charge < -0.3 is 21.1 Å². The molecule has 0 aromatic carbocycles. The Hall–Kier alpha value is -0.650. The Kier molecular flexibility index (Phi) is 60.0. The average molecular weight is 590 g/mol. The maximum Gasteiger partial charge on any atom is 0.303 e. The summed E-state index contributed by atoms with van der Waals surface area (Å²) in [5, 5.41) is 23.7. The van der Waals surface area contributed by atoms with Crippen molar-refractivity contribution in [2.24, 2.45) is 5.73 Å². The Morgan fingerprint density at radius 1 is 0.415 bits per heavy atom. The number of carboxylic acid groups (broad SMARTS) is 1. The van der Waals surface area contributed by atoms with Crippen molar-refractivity contribution in [3.05, 3.63) is 0 Å². The van der Waals surface area contributed by atoms with Crippen LogP contribution < -0.4 is 5.73 Å². The van der Waals surface area contributed by atoms with E-state index < -0.39 is 5.97 Å². The van der Waals surface area contributed by atoms with Gasteiger partial charge in [0, 0.05) is 19.6 Å². The van der Waals surface area contributed by atoms with Crippen molar-refractivity contribution in [2.45, 2.75) is 207 Å². The fourth-order valence-electron chi connectivity index (χ4n) is 4.63. The van der Waals surface area contributed by atoms with Gasteiger partial charge in [-0.25, -0.2) is 0 Å². The van der Waals surface area contributed by atoms with E-state index in [1.165, 1.54) is 161 Å². The normalized spacial score (nSPS) is 10.1. The van der Waals surface area contributed by atoms with Crippen LogP contribution in [0.1, 0.15) is 207 Å². The van der Waals surface area contributed by atoms with Crippen LogP contribution in [0.2, 0.25) is 0 Å². The van der Waals surface area contributed by atoms with Gasteiger partial charge in [0.1, 0.15) is 0 Å². The summed E-state index contributed by atoms with van der Waals surface area (Å²) in [5.74, 6) is -0.653. The molecule has 0 fully saturated rings. The van der Waals surface area contributed by atoms with Crippen LogP contribution in [0.3, 0.4) is 0 Å². The van der Waals surface area contributed by atoms with Gasteiger partial charge in [0.2, 0.25) is 0 Å². The van der Waals surface area contributed by atoms with E-state index in [2.05, 4.69) is 13.8 Å².